The van der Waals surface area contributed by atoms with Gasteiger partial charge in [-0.2, -0.15) is 0 Å². The number of pyridine rings is 1. The van der Waals surface area contributed by atoms with Crippen molar-refractivity contribution in [3.8, 4) is 5.75 Å². The van der Waals surface area contributed by atoms with Crippen LogP contribution in [0.3, 0.4) is 0 Å². The summed E-state index contributed by atoms with van der Waals surface area (Å²) in [4.78, 5) is 14.3. The highest BCUT2D eigenvalue weighted by molar-refractivity contribution is 5.79. The summed E-state index contributed by atoms with van der Waals surface area (Å²) in [5.74, 6) is 1.16. The molecule has 4 rings (SSSR count). The number of hydrogen-bond acceptors (Lipinski definition) is 2. The number of fused-ring (bicyclic) bond motifs is 1. The molecule has 0 aliphatic carbocycles. The third-order valence-corrected chi connectivity index (χ3v) is 6.18. The predicted octanol–water partition coefficient (Wildman–Crippen LogP) is 4.46. The van der Waals surface area contributed by atoms with Gasteiger partial charge >= 0.3 is 0 Å². The van der Waals surface area contributed by atoms with Crippen LogP contribution < -0.4 is 10.3 Å². The van der Waals surface area contributed by atoms with Crippen LogP contribution in [-0.4, -0.2) is 42.8 Å². The zero-order chi connectivity index (χ0) is 20.3. The van der Waals surface area contributed by atoms with Crippen LogP contribution in [0.5, 0.6) is 5.75 Å². The van der Waals surface area contributed by atoms with Crippen LogP contribution in [0, 0.1) is 5.82 Å². The summed E-state index contributed by atoms with van der Waals surface area (Å²) in [7, 11) is 2.32. The molecule has 2 heterocycles. The van der Waals surface area contributed by atoms with Gasteiger partial charge in [-0.1, -0.05) is 12.1 Å². The molecule has 4 nitrogen and oxygen atoms in total. The summed E-state index contributed by atoms with van der Waals surface area (Å²) in [6, 6.07) is 16.2. The van der Waals surface area contributed by atoms with Crippen LogP contribution >= 0.6 is 0 Å². The Morgan fingerprint density at radius 3 is 2.55 bits per heavy atom. The van der Waals surface area contributed by atoms with E-state index in [0.29, 0.717) is 12.5 Å². The minimum atomic E-state index is -0.164. The van der Waals surface area contributed by atoms with Crippen LogP contribution in [-0.2, 0) is 0 Å². The number of halogens is 1. The largest absolute Gasteiger partial charge is 0.493 e. The van der Waals surface area contributed by atoms with Crippen molar-refractivity contribution in [3.05, 3.63) is 76.3 Å². The molecule has 0 bridgehead atoms. The number of aromatic nitrogens is 1. The molecule has 152 valence electrons. The molecule has 0 atom stereocenters. The third-order valence-electron chi connectivity index (χ3n) is 6.18. The topological polar surface area (TPSA) is 42.1 Å². The Hall–Kier alpha value is -2.66. The number of rotatable bonds is 6. The van der Waals surface area contributed by atoms with E-state index in [0.717, 1.165) is 60.0 Å². The minimum absolute atomic E-state index is 0.101. The first-order chi connectivity index (χ1) is 14.0. The fourth-order valence-corrected chi connectivity index (χ4v) is 4.34. The molecule has 0 radical (unpaired) electrons. The van der Waals surface area contributed by atoms with Crippen molar-refractivity contribution < 1.29 is 13.6 Å². The highest BCUT2D eigenvalue weighted by Gasteiger charge is 2.30. The highest BCUT2D eigenvalue weighted by Crippen LogP contribution is 2.31. The molecule has 1 fully saturated rings. The van der Waals surface area contributed by atoms with E-state index in [1.165, 1.54) is 11.6 Å². The smallest absolute Gasteiger partial charge is 0.248 e. The van der Waals surface area contributed by atoms with Crippen LogP contribution in [0.2, 0.25) is 0 Å². The number of aromatic amines is 1. The second-order valence-electron chi connectivity index (χ2n) is 8.39. The number of quaternary nitrogens is 1. The molecule has 29 heavy (non-hydrogen) atoms. The SMILES string of the molecule is C[N+]1(CCCOc2ccc3ccc(=O)[nH]c3c2)CCC(c2ccc(F)cc2)CC1. The van der Waals surface area contributed by atoms with Gasteiger partial charge in [-0.3, -0.25) is 4.79 Å². The maximum Gasteiger partial charge on any atom is 0.248 e. The fraction of sp³-hybridized carbons (Fsp3) is 0.375. The fourth-order valence-electron chi connectivity index (χ4n) is 4.34. The van der Waals surface area contributed by atoms with Gasteiger partial charge in [0.2, 0.25) is 5.56 Å². The van der Waals surface area contributed by atoms with Crippen molar-refractivity contribution in [2.24, 2.45) is 0 Å². The summed E-state index contributed by atoms with van der Waals surface area (Å²) >= 11 is 0. The van der Waals surface area contributed by atoms with Crippen molar-refractivity contribution in [1.82, 2.24) is 4.98 Å². The van der Waals surface area contributed by atoms with Crippen LogP contribution in [0.4, 0.5) is 4.39 Å². The van der Waals surface area contributed by atoms with Crippen molar-refractivity contribution in [1.29, 1.82) is 0 Å². The Labute approximate surface area is 170 Å². The molecule has 0 spiro atoms. The molecule has 1 aliphatic heterocycles. The lowest BCUT2D eigenvalue weighted by Gasteiger charge is -2.40. The summed E-state index contributed by atoms with van der Waals surface area (Å²) < 4.78 is 20.1. The molecule has 1 aromatic heterocycles. The number of piperidine rings is 1. The molecule has 1 aliphatic rings. The molecule has 3 aromatic rings. The van der Waals surface area contributed by atoms with E-state index in [4.69, 9.17) is 4.74 Å². The van der Waals surface area contributed by atoms with E-state index >= 15 is 0 Å². The zero-order valence-electron chi connectivity index (χ0n) is 16.9. The molecule has 5 heteroatoms. The van der Waals surface area contributed by atoms with Gasteiger partial charge in [0.15, 0.2) is 0 Å². The highest BCUT2D eigenvalue weighted by atomic mass is 19.1. The van der Waals surface area contributed by atoms with Gasteiger partial charge < -0.3 is 14.2 Å². The van der Waals surface area contributed by atoms with Gasteiger partial charge in [-0.25, -0.2) is 4.39 Å². The second kappa shape index (κ2) is 8.37. The lowest BCUT2D eigenvalue weighted by Crippen LogP contribution is -2.50. The van der Waals surface area contributed by atoms with Gasteiger partial charge in [0.05, 0.1) is 38.8 Å². The number of benzene rings is 2. The Kier molecular flexibility index (Phi) is 5.67. The van der Waals surface area contributed by atoms with E-state index < -0.39 is 0 Å². The molecular weight excluding hydrogens is 367 g/mol. The van der Waals surface area contributed by atoms with Crippen LogP contribution in [0.15, 0.2) is 59.4 Å². The Bertz CT molecular complexity index is 1020. The monoisotopic (exact) mass is 395 g/mol. The van der Waals surface area contributed by atoms with Gasteiger partial charge in [-0.15, -0.1) is 0 Å². The van der Waals surface area contributed by atoms with Crippen molar-refractivity contribution in [2.45, 2.75) is 25.2 Å². The number of nitrogens with one attached hydrogen (secondary N) is 1. The average Bonchev–Trinajstić information content (AvgIpc) is 2.72. The third kappa shape index (κ3) is 4.85. The van der Waals surface area contributed by atoms with Crippen LogP contribution in [0.25, 0.3) is 10.9 Å². The molecule has 1 saturated heterocycles. The molecule has 0 amide bonds. The van der Waals surface area contributed by atoms with Crippen molar-refractivity contribution in [3.63, 3.8) is 0 Å². The summed E-state index contributed by atoms with van der Waals surface area (Å²) in [5.41, 5.74) is 1.96. The van der Waals surface area contributed by atoms with Gasteiger partial charge in [0.25, 0.3) is 0 Å². The summed E-state index contributed by atoms with van der Waals surface area (Å²) in [5, 5.41) is 0.999. The molecule has 2 aromatic carbocycles. The normalized spacial score (nSPS) is 21.9. The van der Waals surface area contributed by atoms with Crippen LogP contribution in [0.1, 0.15) is 30.7 Å². The summed E-state index contributed by atoms with van der Waals surface area (Å²) in [6.45, 7) is 4.02. The van der Waals surface area contributed by atoms with E-state index in [9.17, 15) is 9.18 Å². The molecule has 0 unspecified atom stereocenters. The minimum Gasteiger partial charge on any atom is -0.493 e. The Balaban J connectivity index is 1.25. The quantitative estimate of drug-likeness (QED) is 0.495. The lowest BCUT2D eigenvalue weighted by atomic mass is 9.88. The Morgan fingerprint density at radius 2 is 1.79 bits per heavy atom. The number of likely N-dealkylation sites (tertiary alicyclic amines) is 1. The van der Waals surface area contributed by atoms with E-state index in [-0.39, 0.29) is 11.4 Å². The molecule has 0 saturated carbocycles. The Morgan fingerprint density at radius 1 is 1.07 bits per heavy atom. The maximum absolute atomic E-state index is 13.1. The predicted molar refractivity (Wildman–Crippen MR) is 114 cm³/mol. The first kappa shape index (κ1) is 19.6. The van der Waals surface area contributed by atoms with Crippen molar-refractivity contribution in [2.75, 3.05) is 33.3 Å². The molecular formula is C24H28FN2O2+. The number of H-pyrrole nitrogens is 1. The average molecular weight is 395 g/mol. The number of ether oxygens (including phenoxy) is 1. The number of hydrogen-bond donors (Lipinski definition) is 1. The summed E-state index contributed by atoms with van der Waals surface area (Å²) in [6.07, 6.45) is 3.27. The van der Waals surface area contributed by atoms with Crippen molar-refractivity contribution >= 4 is 10.9 Å². The van der Waals surface area contributed by atoms with E-state index in [2.05, 4.69) is 12.0 Å². The first-order valence-corrected chi connectivity index (χ1v) is 10.4. The van der Waals surface area contributed by atoms with Gasteiger partial charge in [0, 0.05) is 31.4 Å². The molecule has 1 N–H and O–H groups in total. The van der Waals surface area contributed by atoms with Gasteiger partial charge in [-0.05, 0) is 47.2 Å². The first-order valence-electron chi connectivity index (χ1n) is 10.4. The number of nitrogens with zero attached hydrogens (tertiary/aromatic N) is 1. The maximum atomic E-state index is 13.1. The second-order valence-corrected chi connectivity index (χ2v) is 8.39. The van der Waals surface area contributed by atoms with E-state index in [1.54, 1.807) is 12.1 Å². The zero-order valence-corrected chi connectivity index (χ0v) is 16.9. The van der Waals surface area contributed by atoms with E-state index in [1.807, 2.05) is 36.4 Å². The standard InChI is InChI=1S/C24H27FN2O2/c1-27(14-11-19(12-15-27)18-3-7-21(25)8-4-18)13-2-16-29-22-9-5-20-6-10-24(28)26-23(20)17-22/h3-10,17,19H,2,11-16H2,1H3/p+1. The lowest BCUT2D eigenvalue weighted by molar-refractivity contribution is -0.914. The van der Waals surface area contributed by atoms with Gasteiger partial charge in [0.1, 0.15) is 11.6 Å².